The van der Waals surface area contributed by atoms with E-state index in [1.54, 1.807) is 12.3 Å². The molecule has 176 valence electrons. The summed E-state index contributed by atoms with van der Waals surface area (Å²) in [5.41, 5.74) is 7.71. The molecular formula is C29H25FN2O3. The molecule has 4 aromatic rings. The van der Waals surface area contributed by atoms with Gasteiger partial charge in [0.15, 0.2) is 0 Å². The highest BCUT2D eigenvalue weighted by Gasteiger charge is 2.14. The highest BCUT2D eigenvalue weighted by Crippen LogP contribution is 2.28. The molecule has 35 heavy (non-hydrogen) atoms. The number of carboxylic acid groups (broad SMARTS) is 1. The zero-order chi connectivity index (χ0) is 24.9. The number of halogens is 1. The van der Waals surface area contributed by atoms with E-state index in [9.17, 15) is 14.4 Å². The fraction of sp³-hybridized carbons (Fsp3) is 0.138. The lowest BCUT2D eigenvalue weighted by Crippen LogP contribution is -2.06. The van der Waals surface area contributed by atoms with Gasteiger partial charge in [-0.15, -0.1) is 0 Å². The van der Waals surface area contributed by atoms with E-state index < -0.39 is 11.8 Å². The first-order chi connectivity index (χ1) is 16.9. The first-order valence-electron chi connectivity index (χ1n) is 11.2. The molecule has 4 rings (SSSR count). The standard InChI is InChI=1S/C29H25FN2O3/c1-18-16-23(14-15-31-18)24-4-3-5-25(19(24)2)28(32-35)13-8-20-6-9-21(10-7-20)22-11-12-27(30)26(17-22)29(33)34/h3-7,9-12,14-17,35H,8,13H2,1-2H3,(H,33,34)/b32-28-. The fourth-order valence-corrected chi connectivity index (χ4v) is 4.21. The number of benzene rings is 3. The maximum absolute atomic E-state index is 13.7. The average molecular weight is 469 g/mol. The minimum absolute atomic E-state index is 0.352. The van der Waals surface area contributed by atoms with Crippen LogP contribution in [0.2, 0.25) is 0 Å². The van der Waals surface area contributed by atoms with Crippen LogP contribution in [0, 0.1) is 19.7 Å². The summed E-state index contributed by atoms with van der Waals surface area (Å²) in [6.07, 6.45) is 2.98. The lowest BCUT2D eigenvalue weighted by Gasteiger charge is -2.13. The molecule has 3 aromatic carbocycles. The fourth-order valence-electron chi connectivity index (χ4n) is 4.21. The van der Waals surface area contributed by atoms with Crippen LogP contribution in [-0.4, -0.2) is 27.0 Å². The Hall–Kier alpha value is -4.32. The third kappa shape index (κ3) is 5.27. The number of aryl methyl sites for hydroxylation is 2. The molecule has 1 heterocycles. The zero-order valence-electron chi connectivity index (χ0n) is 19.5. The monoisotopic (exact) mass is 468 g/mol. The number of hydrogen-bond donors (Lipinski definition) is 2. The van der Waals surface area contributed by atoms with Gasteiger partial charge in [-0.2, -0.15) is 0 Å². The predicted molar refractivity (Wildman–Crippen MR) is 135 cm³/mol. The van der Waals surface area contributed by atoms with Crippen molar-refractivity contribution in [1.82, 2.24) is 4.98 Å². The van der Waals surface area contributed by atoms with Gasteiger partial charge in [0, 0.05) is 17.5 Å². The smallest absolute Gasteiger partial charge is 0.338 e. The van der Waals surface area contributed by atoms with E-state index in [0.717, 1.165) is 39.1 Å². The lowest BCUT2D eigenvalue weighted by atomic mass is 9.92. The van der Waals surface area contributed by atoms with Gasteiger partial charge in [0.05, 0.1) is 11.3 Å². The van der Waals surface area contributed by atoms with E-state index in [2.05, 4.69) is 10.1 Å². The maximum Gasteiger partial charge on any atom is 0.338 e. The topological polar surface area (TPSA) is 82.8 Å². The predicted octanol–water partition coefficient (Wildman–Crippen LogP) is 6.68. The summed E-state index contributed by atoms with van der Waals surface area (Å²) in [6.45, 7) is 3.98. The van der Waals surface area contributed by atoms with Crippen molar-refractivity contribution in [1.29, 1.82) is 0 Å². The van der Waals surface area contributed by atoms with Crippen LogP contribution in [0.4, 0.5) is 4.39 Å². The average Bonchev–Trinajstić information content (AvgIpc) is 2.86. The molecule has 0 saturated carbocycles. The highest BCUT2D eigenvalue weighted by molar-refractivity contribution is 6.03. The van der Waals surface area contributed by atoms with E-state index in [0.29, 0.717) is 24.1 Å². The van der Waals surface area contributed by atoms with Crippen LogP contribution in [0.5, 0.6) is 0 Å². The molecule has 2 N–H and O–H groups in total. The second-order valence-electron chi connectivity index (χ2n) is 8.41. The third-order valence-corrected chi connectivity index (χ3v) is 6.11. The van der Waals surface area contributed by atoms with Crippen LogP contribution in [0.15, 0.2) is 84.1 Å². The summed E-state index contributed by atoms with van der Waals surface area (Å²) in [5.74, 6) is -2.05. The summed E-state index contributed by atoms with van der Waals surface area (Å²) in [4.78, 5) is 15.5. The van der Waals surface area contributed by atoms with E-state index in [-0.39, 0.29) is 5.56 Å². The highest BCUT2D eigenvalue weighted by atomic mass is 19.1. The van der Waals surface area contributed by atoms with Crippen molar-refractivity contribution in [3.05, 3.63) is 113 Å². The van der Waals surface area contributed by atoms with E-state index in [1.165, 1.54) is 12.1 Å². The Morgan fingerprint density at radius 1 is 0.914 bits per heavy atom. The number of nitrogens with zero attached hydrogens (tertiary/aromatic N) is 2. The maximum atomic E-state index is 13.7. The van der Waals surface area contributed by atoms with Gasteiger partial charge >= 0.3 is 5.97 Å². The normalized spacial score (nSPS) is 11.5. The van der Waals surface area contributed by atoms with Crippen LogP contribution in [0.3, 0.4) is 0 Å². The Labute approximate surface area is 203 Å². The Kier molecular flexibility index (Phi) is 7.01. The minimum Gasteiger partial charge on any atom is -0.478 e. The van der Waals surface area contributed by atoms with Crippen molar-refractivity contribution >= 4 is 11.7 Å². The molecule has 6 heteroatoms. The summed E-state index contributed by atoms with van der Waals surface area (Å²) in [7, 11) is 0. The van der Waals surface area contributed by atoms with Gasteiger partial charge in [0.1, 0.15) is 5.82 Å². The van der Waals surface area contributed by atoms with Crippen LogP contribution >= 0.6 is 0 Å². The number of hydrogen-bond acceptors (Lipinski definition) is 4. The van der Waals surface area contributed by atoms with Gasteiger partial charge in [-0.05, 0) is 84.3 Å². The quantitative estimate of drug-likeness (QED) is 0.180. The molecule has 0 radical (unpaired) electrons. The summed E-state index contributed by atoms with van der Waals surface area (Å²) < 4.78 is 13.7. The van der Waals surface area contributed by atoms with E-state index in [4.69, 9.17) is 5.11 Å². The molecule has 0 unspecified atom stereocenters. The van der Waals surface area contributed by atoms with Crippen molar-refractivity contribution < 1.29 is 19.5 Å². The van der Waals surface area contributed by atoms with Gasteiger partial charge < -0.3 is 10.3 Å². The molecule has 0 bridgehead atoms. The van der Waals surface area contributed by atoms with Crippen molar-refractivity contribution in [3.63, 3.8) is 0 Å². The Bertz CT molecular complexity index is 1410. The van der Waals surface area contributed by atoms with Crippen LogP contribution in [0.25, 0.3) is 22.3 Å². The van der Waals surface area contributed by atoms with Crippen molar-refractivity contribution in [2.24, 2.45) is 5.16 Å². The number of aromatic carboxylic acids is 1. The minimum atomic E-state index is -1.30. The first-order valence-corrected chi connectivity index (χ1v) is 11.2. The van der Waals surface area contributed by atoms with Crippen LogP contribution in [0.1, 0.15) is 39.2 Å². The molecule has 0 atom stereocenters. The van der Waals surface area contributed by atoms with E-state index in [1.807, 2.05) is 68.4 Å². The van der Waals surface area contributed by atoms with Gasteiger partial charge in [0.2, 0.25) is 0 Å². The molecular weight excluding hydrogens is 443 g/mol. The third-order valence-electron chi connectivity index (χ3n) is 6.11. The van der Waals surface area contributed by atoms with Crippen LogP contribution < -0.4 is 0 Å². The van der Waals surface area contributed by atoms with Gasteiger partial charge in [-0.25, -0.2) is 9.18 Å². The first kappa shape index (κ1) is 23.8. The van der Waals surface area contributed by atoms with Crippen molar-refractivity contribution in [2.75, 3.05) is 0 Å². The molecule has 0 fully saturated rings. The largest absolute Gasteiger partial charge is 0.478 e. The van der Waals surface area contributed by atoms with Crippen LogP contribution in [-0.2, 0) is 6.42 Å². The van der Waals surface area contributed by atoms with Crippen molar-refractivity contribution in [3.8, 4) is 22.3 Å². The van der Waals surface area contributed by atoms with E-state index >= 15 is 0 Å². The summed E-state index contributed by atoms with van der Waals surface area (Å²) in [5, 5.41) is 22.5. The Morgan fingerprint density at radius 3 is 2.34 bits per heavy atom. The molecule has 0 aliphatic heterocycles. The second kappa shape index (κ2) is 10.3. The number of rotatable bonds is 7. The van der Waals surface area contributed by atoms with Crippen molar-refractivity contribution in [2.45, 2.75) is 26.7 Å². The van der Waals surface area contributed by atoms with Gasteiger partial charge in [0.25, 0.3) is 0 Å². The van der Waals surface area contributed by atoms with Gasteiger partial charge in [-0.1, -0.05) is 53.7 Å². The zero-order valence-corrected chi connectivity index (χ0v) is 19.5. The number of carboxylic acids is 1. The summed E-state index contributed by atoms with van der Waals surface area (Å²) >= 11 is 0. The molecule has 0 aliphatic carbocycles. The number of carbonyl (C=O) groups is 1. The Morgan fingerprint density at radius 2 is 1.66 bits per heavy atom. The number of aromatic nitrogens is 1. The number of oxime groups is 1. The molecule has 1 aromatic heterocycles. The summed E-state index contributed by atoms with van der Waals surface area (Å²) in [6, 6.07) is 21.7. The molecule has 0 saturated heterocycles. The SMILES string of the molecule is Cc1cc(-c2cccc(/C(CCc3ccc(-c4ccc(F)c(C(=O)O)c4)cc3)=N\O)c2C)ccn1. The number of pyridine rings is 1. The molecule has 5 nitrogen and oxygen atoms in total. The van der Waals surface area contributed by atoms with Gasteiger partial charge in [-0.3, -0.25) is 4.98 Å². The lowest BCUT2D eigenvalue weighted by molar-refractivity contribution is 0.0692. The molecule has 0 aliphatic rings. The molecule has 0 amide bonds. The molecule has 0 spiro atoms. The second-order valence-corrected chi connectivity index (χ2v) is 8.41. The Balaban J connectivity index is 1.51.